The molecule has 1 aliphatic rings. The molecule has 0 aromatic carbocycles. The summed E-state index contributed by atoms with van der Waals surface area (Å²) in [5, 5.41) is 5.78. The van der Waals surface area contributed by atoms with Crippen LogP contribution in [0.4, 0.5) is 29.1 Å². The third kappa shape index (κ3) is 4.05. The molecule has 0 spiro atoms. The number of hydrogen-bond donors (Lipinski definition) is 2. The lowest BCUT2D eigenvalue weighted by molar-refractivity contribution is -0.173. The van der Waals surface area contributed by atoms with Crippen LogP contribution in [0, 0.1) is 5.92 Å². The first-order valence-corrected chi connectivity index (χ1v) is 7.21. The smallest absolute Gasteiger partial charge is 0.394 e. The number of anilines is 2. The average molecular weight is 337 g/mol. The Hall–Kier alpha value is -2.00. The Balaban J connectivity index is 1.97. The number of rotatable bonds is 3. The molecule has 1 fully saturated rings. The maximum absolute atomic E-state index is 14.2. The van der Waals surface area contributed by atoms with Gasteiger partial charge in [-0.15, -0.1) is 0 Å². The van der Waals surface area contributed by atoms with Crippen molar-refractivity contribution in [3.05, 3.63) is 6.20 Å². The van der Waals surface area contributed by atoms with Gasteiger partial charge in [0.25, 0.3) is 0 Å². The minimum Gasteiger partial charge on any atom is -0.394 e. The Morgan fingerprint density at radius 1 is 1.43 bits per heavy atom. The van der Waals surface area contributed by atoms with E-state index in [1.807, 2.05) is 4.90 Å². The van der Waals surface area contributed by atoms with Crippen molar-refractivity contribution in [3.8, 4) is 0 Å². The van der Waals surface area contributed by atoms with Crippen LogP contribution in [0.3, 0.4) is 0 Å². The van der Waals surface area contributed by atoms with Gasteiger partial charge >= 0.3 is 12.1 Å². The van der Waals surface area contributed by atoms with Crippen LogP contribution in [0.5, 0.6) is 0 Å². The van der Waals surface area contributed by atoms with Gasteiger partial charge in [0.15, 0.2) is 0 Å². The fraction of sp³-hybridized carbons (Fsp3) is 0.692. The zero-order chi connectivity index (χ0) is 17.2. The first-order chi connectivity index (χ1) is 10.7. The lowest BCUT2D eigenvalue weighted by atomic mass is 9.99. The normalized spacial score (nSPS) is 22.7. The minimum atomic E-state index is -4.95. The number of hydrogen-bond acceptors (Lipinski definition) is 4. The summed E-state index contributed by atoms with van der Waals surface area (Å²) in [5.74, 6) is -2.04. The van der Waals surface area contributed by atoms with Crippen molar-refractivity contribution in [3.63, 3.8) is 0 Å². The van der Waals surface area contributed by atoms with Crippen molar-refractivity contribution >= 4 is 17.4 Å². The highest BCUT2D eigenvalue weighted by Crippen LogP contribution is 2.28. The number of nitrogen functional groups attached to an aromatic ring is 1. The summed E-state index contributed by atoms with van der Waals surface area (Å²) in [6.45, 7) is 0.472. The fourth-order valence-electron chi connectivity index (χ4n) is 2.73. The highest BCUT2D eigenvalue weighted by Gasteiger charge is 2.39. The molecule has 1 amide bonds. The molecule has 0 saturated carbocycles. The van der Waals surface area contributed by atoms with Gasteiger partial charge in [0, 0.05) is 32.6 Å². The molecule has 1 aromatic heterocycles. The Morgan fingerprint density at radius 2 is 2.09 bits per heavy atom. The Morgan fingerprint density at radius 3 is 2.65 bits per heavy atom. The van der Waals surface area contributed by atoms with Gasteiger partial charge in [-0.2, -0.15) is 18.3 Å². The van der Waals surface area contributed by atoms with E-state index in [4.69, 9.17) is 5.73 Å². The van der Waals surface area contributed by atoms with Crippen molar-refractivity contribution in [2.75, 3.05) is 30.3 Å². The summed E-state index contributed by atoms with van der Waals surface area (Å²) in [7, 11) is 1.71. The lowest BCUT2D eigenvalue weighted by Gasteiger charge is -2.23. The Bertz CT molecular complexity index is 540. The molecule has 1 aliphatic heterocycles. The van der Waals surface area contributed by atoms with E-state index < -0.39 is 24.2 Å². The third-order valence-electron chi connectivity index (χ3n) is 3.97. The van der Waals surface area contributed by atoms with Gasteiger partial charge in [0.05, 0.1) is 11.9 Å². The number of halogens is 4. The third-order valence-corrected chi connectivity index (χ3v) is 3.97. The van der Waals surface area contributed by atoms with E-state index in [0.29, 0.717) is 31.0 Å². The Labute approximate surface area is 130 Å². The molecule has 23 heavy (non-hydrogen) atoms. The Kier molecular flexibility index (Phi) is 5.00. The molecule has 2 atom stereocenters. The monoisotopic (exact) mass is 337 g/mol. The number of aromatic nitrogens is 2. The van der Waals surface area contributed by atoms with Gasteiger partial charge in [-0.05, 0) is 12.8 Å². The molecule has 0 radical (unpaired) electrons. The fourth-order valence-corrected chi connectivity index (χ4v) is 2.73. The zero-order valence-electron chi connectivity index (χ0n) is 12.6. The van der Waals surface area contributed by atoms with Crippen molar-refractivity contribution in [2.24, 2.45) is 13.0 Å². The highest BCUT2D eigenvalue weighted by atomic mass is 19.4. The van der Waals surface area contributed by atoms with Crippen molar-refractivity contribution in [1.82, 2.24) is 15.1 Å². The first-order valence-electron chi connectivity index (χ1n) is 7.21. The van der Waals surface area contributed by atoms with Crippen LogP contribution < -0.4 is 16.0 Å². The number of aryl methyl sites for hydroxylation is 1. The number of nitrogens with two attached hydrogens (primary N) is 1. The van der Waals surface area contributed by atoms with Gasteiger partial charge in [0.1, 0.15) is 12.0 Å². The number of nitrogens with zero attached hydrogens (tertiary/aromatic N) is 3. The predicted molar refractivity (Wildman–Crippen MR) is 76.5 cm³/mol. The van der Waals surface area contributed by atoms with E-state index in [1.165, 1.54) is 6.20 Å². The second-order valence-electron chi connectivity index (χ2n) is 5.60. The van der Waals surface area contributed by atoms with Gasteiger partial charge in [-0.25, -0.2) is 4.39 Å². The van der Waals surface area contributed by atoms with E-state index in [2.05, 4.69) is 5.10 Å². The van der Waals surface area contributed by atoms with Crippen LogP contribution in [-0.4, -0.2) is 47.7 Å². The number of amides is 1. The molecule has 0 bridgehead atoms. The van der Waals surface area contributed by atoms with E-state index in [9.17, 15) is 22.4 Å². The largest absolute Gasteiger partial charge is 0.471 e. The van der Waals surface area contributed by atoms with Gasteiger partial charge < -0.3 is 16.0 Å². The predicted octanol–water partition coefficient (Wildman–Crippen LogP) is 1.24. The topological polar surface area (TPSA) is 76.2 Å². The summed E-state index contributed by atoms with van der Waals surface area (Å²) >= 11 is 0. The van der Waals surface area contributed by atoms with Crippen molar-refractivity contribution < 1.29 is 22.4 Å². The highest BCUT2D eigenvalue weighted by molar-refractivity contribution is 5.81. The average Bonchev–Trinajstić information content (AvgIpc) is 2.69. The van der Waals surface area contributed by atoms with E-state index in [1.54, 1.807) is 17.0 Å². The standard InChI is InChI=1S/C13H19F4N5O/c1-21-11(10(18)7-20-21)22-4-2-8(9(14)3-5-22)6-19-12(23)13(15,16)17/h7-9H,2-6,18H2,1H3,(H,19,23)/t8-,9-/m0/s1. The van der Waals surface area contributed by atoms with Gasteiger partial charge in [-0.1, -0.05) is 0 Å². The first kappa shape index (κ1) is 17.4. The summed E-state index contributed by atoms with van der Waals surface area (Å²) in [5.41, 5.74) is 6.30. The molecule has 1 saturated heterocycles. The number of alkyl halides is 4. The van der Waals surface area contributed by atoms with E-state index in [0.717, 1.165) is 0 Å². The van der Waals surface area contributed by atoms with E-state index >= 15 is 0 Å². The molecule has 1 aromatic rings. The molecular weight excluding hydrogens is 318 g/mol. The molecule has 130 valence electrons. The second kappa shape index (κ2) is 6.63. The molecule has 2 rings (SSSR count). The zero-order valence-corrected chi connectivity index (χ0v) is 12.6. The molecule has 10 heteroatoms. The van der Waals surface area contributed by atoms with Crippen LogP contribution in [0.2, 0.25) is 0 Å². The maximum Gasteiger partial charge on any atom is 0.471 e. The molecule has 0 unspecified atom stereocenters. The van der Waals surface area contributed by atoms with Crippen LogP contribution >= 0.6 is 0 Å². The van der Waals surface area contributed by atoms with Crippen LogP contribution in [0.15, 0.2) is 6.20 Å². The summed E-state index contributed by atoms with van der Waals surface area (Å²) in [6.07, 6.45) is -4.29. The molecule has 2 heterocycles. The van der Waals surface area contributed by atoms with Gasteiger partial charge in [-0.3, -0.25) is 9.48 Å². The number of carbonyl (C=O) groups excluding carboxylic acids is 1. The summed E-state index contributed by atoms with van der Waals surface area (Å²) in [4.78, 5) is 12.7. The van der Waals surface area contributed by atoms with Crippen molar-refractivity contribution in [1.29, 1.82) is 0 Å². The van der Waals surface area contributed by atoms with Crippen LogP contribution in [-0.2, 0) is 11.8 Å². The van der Waals surface area contributed by atoms with Crippen LogP contribution in [0.1, 0.15) is 12.8 Å². The van der Waals surface area contributed by atoms with Crippen molar-refractivity contribution in [2.45, 2.75) is 25.2 Å². The quantitative estimate of drug-likeness (QED) is 0.814. The number of carbonyl (C=O) groups is 1. The minimum absolute atomic E-state index is 0.150. The molecular formula is C13H19F4N5O. The number of nitrogens with one attached hydrogen (secondary N) is 1. The SMILES string of the molecule is Cn1ncc(N)c1N1CC[C@@H](CNC(=O)C(F)(F)F)[C@@H](F)CC1. The van der Waals surface area contributed by atoms with Gasteiger partial charge in [0.2, 0.25) is 0 Å². The molecule has 3 N–H and O–H groups in total. The lowest BCUT2D eigenvalue weighted by Crippen LogP contribution is -2.41. The maximum atomic E-state index is 14.2. The summed E-state index contributed by atoms with van der Waals surface area (Å²) < 4.78 is 52.3. The van der Waals surface area contributed by atoms with Crippen LogP contribution in [0.25, 0.3) is 0 Å². The molecule has 6 nitrogen and oxygen atoms in total. The summed E-state index contributed by atoms with van der Waals surface area (Å²) in [6, 6.07) is 0. The van der Waals surface area contributed by atoms with E-state index in [-0.39, 0.29) is 13.0 Å². The second-order valence-corrected chi connectivity index (χ2v) is 5.60. The molecule has 0 aliphatic carbocycles.